The first kappa shape index (κ1) is 26.5. The van der Waals surface area contributed by atoms with Gasteiger partial charge in [-0.1, -0.05) is 62.4 Å². The van der Waals surface area contributed by atoms with E-state index in [1.165, 1.54) is 0 Å². The Morgan fingerprint density at radius 1 is 0.974 bits per heavy atom. The number of methoxy groups -OCH3 is 2. The summed E-state index contributed by atoms with van der Waals surface area (Å²) in [4.78, 5) is 27.6. The molecule has 0 radical (unpaired) electrons. The van der Waals surface area contributed by atoms with Crippen LogP contribution in [0.15, 0.2) is 83.2 Å². The average Bonchev–Trinajstić information content (AvgIpc) is 2.94. The Kier molecular flexibility index (Phi) is 7.47. The SMILES string of the molecule is COc1ccc([C@@H]2CC(=O)C3=C(C2)NC(C)=C(C(=O)OCC(C)C)[C@@H]3c2cccc3ccccc23)cc1OC. The highest BCUT2D eigenvalue weighted by Gasteiger charge is 2.42. The van der Waals surface area contributed by atoms with Crippen LogP contribution in [0, 0.1) is 5.92 Å². The molecule has 202 valence electrons. The summed E-state index contributed by atoms with van der Waals surface area (Å²) >= 11 is 0. The van der Waals surface area contributed by atoms with Gasteiger partial charge in [-0.2, -0.15) is 0 Å². The van der Waals surface area contributed by atoms with E-state index in [9.17, 15) is 9.59 Å². The summed E-state index contributed by atoms with van der Waals surface area (Å²) in [5.74, 6) is 0.605. The number of dihydropyridines is 1. The zero-order chi connectivity index (χ0) is 27.7. The van der Waals surface area contributed by atoms with Gasteiger partial charge in [0.05, 0.1) is 26.4 Å². The molecule has 6 heteroatoms. The summed E-state index contributed by atoms with van der Waals surface area (Å²) in [6.07, 6.45) is 0.980. The molecule has 0 saturated heterocycles. The standard InChI is InChI=1S/C33H35NO5/c1-19(2)18-39-33(36)30-20(3)34-26-15-23(22-13-14-28(37-4)29(17-22)38-5)16-27(35)32(26)31(30)25-12-8-10-21-9-6-7-11-24(21)25/h6-14,17,19,23,31,34H,15-16,18H2,1-5H3/t23-,31-/m0/s1. The molecule has 0 bridgehead atoms. The van der Waals surface area contributed by atoms with Crippen molar-refractivity contribution < 1.29 is 23.8 Å². The van der Waals surface area contributed by atoms with Crippen molar-refractivity contribution in [3.8, 4) is 11.5 Å². The fourth-order valence-electron chi connectivity index (χ4n) is 5.79. The second-order valence-electron chi connectivity index (χ2n) is 10.7. The normalized spacial score (nSPS) is 19.2. The Balaban J connectivity index is 1.61. The minimum atomic E-state index is -0.508. The highest BCUT2D eigenvalue weighted by atomic mass is 16.5. The molecule has 5 rings (SSSR count). The lowest BCUT2D eigenvalue weighted by Crippen LogP contribution is -2.36. The van der Waals surface area contributed by atoms with Crippen LogP contribution < -0.4 is 14.8 Å². The van der Waals surface area contributed by atoms with Gasteiger partial charge in [-0.3, -0.25) is 4.79 Å². The fourth-order valence-corrected chi connectivity index (χ4v) is 5.79. The molecular weight excluding hydrogens is 490 g/mol. The molecule has 1 heterocycles. The van der Waals surface area contributed by atoms with Gasteiger partial charge in [0.2, 0.25) is 0 Å². The van der Waals surface area contributed by atoms with Crippen LogP contribution in [-0.2, 0) is 14.3 Å². The van der Waals surface area contributed by atoms with Crippen LogP contribution in [0.5, 0.6) is 11.5 Å². The summed E-state index contributed by atoms with van der Waals surface area (Å²) in [6, 6.07) is 20.0. The lowest BCUT2D eigenvalue weighted by Gasteiger charge is -2.37. The summed E-state index contributed by atoms with van der Waals surface area (Å²) in [5, 5.41) is 5.54. The number of carbonyl (C=O) groups excluding carboxylic acids is 2. The van der Waals surface area contributed by atoms with Gasteiger partial charge >= 0.3 is 5.97 Å². The average molecular weight is 526 g/mol. The predicted molar refractivity (Wildman–Crippen MR) is 152 cm³/mol. The van der Waals surface area contributed by atoms with Gasteiger partial charge in [0.15, 0.2) is 17.3 Å². The van der Waals surface area contributed by atoms with E-state index in [4.69, 9.17) is 14.2 Å². The zero-order valence-corrected chi connectivity index (χ0v) is 23.2. The van der Waals surface area contributed by atoms with Crippen LogP contribution >= 0.6 is 0 Å². The predicted octanol–water partition coefficient (Wildman–Crippen LogP) is 6.42. The summed E-state index contributed by atoms with van der Waals surface area (Å²) < 4.78 is 16.7. The third-order valence-electron chi connectivity index (χ3n) is 7.61. The molecule has 3 aromatic carbocycles. The van der Waals surface area contributed by atoms with Gasteiger partial charge in [-0.05, 0) is 59.2 Å². The van der Waals surface area contributed by atoms with E-state index in [0.29, 0.717) is 42.1 Å². The minimum Gasteiger partial charge on any atom is -0.493 e. The maximum atomic E-state index is 14.0. The maximum absolute atomic E-state index is 14.0. The van der Waals surface area contributed by atoms with E-state index in [1.54, 1.807) is 14.2 Å². The number of fused-ring (bicyclic) bond motifs is 1. The van der Waals surface area contributed by atoms with Crippen molar-refractivity contribution >= 4 is 22.5 Å². The van der Waals surface area contributed by atoms with E-state index >= 15 is 0 Å². The fraction of sp³-hybridized carbons (Fsp3) is 0.333. The van der Waals surface area contributed by atoms with E-state index in [-0.39, 0.29) is 23.6 Å². The number of allylic oxidation sites excluding steroid dienone is 3. The summed E-state index contributed by atoms with van der Waals surface area (Å²) in [6.45, 7) is 6.24. The van der Waals surface area contributed by atoms with Crippen molar-refractivity contribution in [1.82, 2.24) is 5.32 Å². The molecule has 2 atom stereocenters. The number of ether oxygens (including phenoxy) is 3. The van der Waals surface area contributed by atoms with E-state index < -0.39 is 5.92 Å². The molecule has 0 spiro atoms. The number of hydrogen-bond donors (Lipinski definition) is 1. The molecule has 2 aliphatic rings. The Morgan fingerprint density at radius 2 is 1.72 bits per heavy atom. The van der Waals surface area contributed by atoms with Crippen LogP contribution in [-0.4, -0.2) is 32.6 Å². The van der Waals surface area contributed by atoms with E-state index in [0.717, 1.165) is 33.3 Å². The largest absolute Gasteiger partial charge is 0.493 e. The monoisotopic (exact) mass is 525 g/mol. The molecule has 39 heavy (non-hydrogen) atoms. The molecule has 0 aromatic heterocycles. The quantitative estimate of drug-likeness (QED) is 0.359. The van der Waals surface area contributed by atoms with Crippen molar-refractivity contribution in [2.75, 3.05) is 20.8 Å². The second kappa shape index (κ2) is 11.0. The number of esters is 1. The molecule has 0 fully saturated rings. The number of Topliss-reactive ketones (excluding diaryl/α,β-unsaturated/α-hetero) is 1. The van der Waals surface area contributed by atoms with Crippen molar-refractivity contribution in [3.05, 3.63) is 94.3 Å². The first-order valence-electron chi connectivity index (χ1n) is 13.4. The van der Waals surface area contributed by atoms with Gasteiger partial charge in [0, 0.05) is 29.3 Å². The molecule has 6 nitrogen and oxygen atoms in total. The van der Waals surface area contributed by atoms with E-state index in [1.807, 2.05) is 63.2 Å². The molecule has 1 aliphatic carbocycles. The number of benzene rings is 3. The van der Waals surface area contributed by atoms with Crippen molar-refractivity contribution in [2.24, 2.45) is 5.92 Å². The van der Waals surface area contributed by atoms with Crippen LogP contribution in [0.3, 0.4) is 0 Å². The summed E-state index contributed by atoms with van der Waals surface area (Å²) in [5.41, 5.74) is 4.70. The molecule has 0 amide bonds. The van der Waals surface area contributed by atoms with E-state index in [2.05, 4.69) is 23.5 Å². The van der Waals surface area contributed by atoms with Crippen LogP contribution in [0.25, 0.3) is 10.8 Å². The Morgan fingerprint density at radius 3 is 2.46 bits per heavy atom. The molecule has 0 unspecified atom stereocenters. The number of nitrogens with one attached hydrogen (secondary N) is 1. The maximum Gasteiger partial charge on any atom is 0.336 e. The second-order valence-corrected chi connectivity index (χ2v) is 10.7. The van der Waals surface area contributed by atoms with Gasteiger partial charge in [-0.25, -0.2) is 4.79 Å². The Hall–Kier alpha value is -4.06. The van der Waals surface area contributed by atoms with Crippen molar-refractivity contribution in [2.45, 2.75) is 45.4 Å². The Bertz CT molecular complexity index is 1490. The lowest BCUT2D eigenvalue weighted by molar-refractivity contribution is -0.140. The zero-order valence-electron chi connectivity index (χ0n) is 23.2. The van der Waals surface area contributed by atoms with Crippen LogP contribution in [0.2, 0.25) is 0 Å². The Labute approximate surface area is 229 Å². The van der Waals surface area contributed by atoms with Gasteiger partial charge in [0.1, 0.15) is 0 Å². The number of carbonyl (C=O) groups is 2. The highest BCUT2D eigenvalue weighted by Crippen LogP contribution is 2.47. The highest BCUT2D eigenvalue weighted by molar-refractivity contribution is 6.05. The van der Waals surface area contributed by atoms with Crippen LogP contribution in [0.4, 0.5) is 0 Å². The number of hydrogen-bond acceptors (Lipinski definition) is 6. The van der Waals surface area contributed by atoms with Gasteiger partial charge in [-0.15, -0.1) is 0 Å². The summed E-state index contributed by atoms with van der Waals surface area (Å²) in [7, 11) is 3.22. The molecule has 0 saturated carbocycles. The van der Waals surface area contributed by atoms with Crippen LogP contribution in [0.1, 0.15) is 56.6 Å². The topological polar surface area (TPSA) is 73.9 Å². The van der Waals surface area contributed by atoms with Gasteiger partial charge < -0.3 is 19.5 Å². The molecule has 1 N–H and O–H groups in total. The molecule has 1 aliphatic heterocycles. The third kappa shape index (κ3) is 5.03. The molecular formula is C33H35NO5. The lowest BCUT2D eigenvalue weighted by atomic mass is 9.71. The minimum absolute atomic E-state index is 0.0287. The van der Waals surface area contributed by atoms with Crippen molar-refractivity contribution in [1.29, 1.82) is 0 Å². The third-order valence-corrected chi connectivity index (χ3v) is 7.61. The first-order chi connectivity index (χ1) is 18.8. The smallest absolute Gasteiger partial charge is 0.336 e. The molecule has 3 aromatic rings. The number of ketones is 1. The first-order valence-corrected chi connectivity index (χ1v) is 13.4. The van der Waals surface area contributed by atoms with Gasteiger partial charge in [0.25, 0.3) is 0 Å². The number of rotatable bonds is 7. The van der Waals surface area contributed by atoms with Crippen molar-refractivity contribution in [3.63, 3.8) is 0 Å².